The third kappa shape index (κ3) is 22.6. The van der Waals surface area contributed by atoms with E-state index < -0.39 is 10.1 Å². The molecule has 0 unspecified atom stereocenters. The molecule has 0 bridgehead atoms. The van der Waals surface area contributed by atoms with Gasteiger partial charge in [-0.1, -0.05) is 132 Å². The molecule has 0 saturated heterocycles. The quantitative estimate of drug-likeness (QED) is 0.0441. The minimum atomic E-state index is -3.62. The Morgan fingerprint density at radius 1 is 0.887 bits per heavy atom. The Labute approximate surface area is 374 Å². The first-order valence-electron chi connectivity index (χ1n) is 14.6. The Bertz CT molecular complexity index is 2040. The molecule has 4 aromatic carbocycles. The van der Waals surface area contributed by atoms with Gasteiger partial charge in [0.15, 0.2) is 15.3 Å². The second-order valence-electron chi connectivity index (χ2n) is 9.92. The Balaban J connectivity index is 0.000000373. The van der Waals surface area contributed by atoms with Gasteiger partial charge in [0.2, 0.25) is 0 Å². The van der Waals surface area contributed by atoms with Crippen molar-refractivity contribution in [3.63, 3.8) is 0 Å². The molecule has 53 heavy (non-hydrogen) atoms. The van der Waals surface area contributed by atoms with Crippen molar-refractivity contribution in [2.75, 3.05) is 6.26 Å². The third-order valence-electron chi connectivity index (χ3n) is 5.67. The Kier molecular flexibility index (Phi) is 25.1. The van der Waals surface area contributed by atoms with E-state index in [2.05, 4.69) is 119 Å². The van der Waals surface area contributed by atoms with Crippen LogP contribution in [-0.2, 0) is 27.0 Å². The minimum absolute atomic E-state index is 0. The van der Waals surface area contributed by atoms with E-state index in [0.717, 1.165) is 35.8 Å². The van der Waals surface area contributed by atoms with Crippen molar-refractivity contribution in [1.82, 2.24) is 14.3 Å². The van der Waals surface area contributed by atoms with Crippen LogP contribution in [0, 0.1) is 24.5 Å². The van der Waals surface area contributed by atoms with Gasteiger partial charge in [-0.15, -0.1) is 12.6 Å². The average Bonchev–Trinajstić information content (AvgIpc) is 3.60. The molecule has 6 aromatic rings. The summed E-state index contributed by atoms with van der Waals surface area (Å²) in [6.07, 6.45) is 4.39. The Morgan fingerprint density at radius 2 is 1.38 bits per heavy atom. The van der Waals surface area contributed by atoms with E-state index in [1.807, 2.05) is 66.7 Å². The molecular weight excluding hydrogens is 929 g/mol. The smallest absolute Gasteiger partial charge is 0.696 e. The second kappa shape index (κ2) is 27.3. The first kappa shape index (κ1) is 48.7. The average molecular weight is 960 g/mol. The first-order chi connectivity index (χ1) is 24.8. The van der Waals surface area contributed by atoms with Crippen LogP contribution in [-0.4, -0.2) is 34.2 Å². The third-order valence-corrected chi connectivity index (χ3v) is 9.42. The van der Waals surface area contributed by atoms with Crippen LogP contribution in [0.2, 0.25) is 0 Å². The van der Waals surface area contributed by atoms with Gasteiger partial charge in [-0.25, -0.2) is 10.2 Å². The molecule has 0 N–H and O–H groups in total. The summed E-state index contributed by atoms with van der Waals surface area (Å²) >= 11 is 23.3. The Morgan fingerprint density at radius 3 is 1.81 bits per heavy atom. The van der Waals surface area contributed by atoms with E-state index in [4.69, 9.17) is 16.9 Å². The maximum atomic E-state index is 10.6. The summed E-state index contributed by atoms with van der Waals surface area (Å²) in [7, 11) is -3.62. The van der Waals surface area contributed by atoms with Gasteiger partial charge in [-0.05, 0) is 86.0 Å². The summed E-state index contributed by atoms with van der Waals surface area (Å²) in [5.41, 5.74) is 4.16. The summed E-state index contributed by atoms with van der Waals surface area (Å²) in [4.78, 5) is 10.6. The molecule has 8 nitrogen and oxygen atoms in total. The van der Waals surface area contributed by atoms with Gasteiger partial charge in [-0.3, -0.25) is 9.27 Å². The first-order valence-corrected chi connectivity index (χ1v) is 20.9. The van der Waals surface area contributed by atoms with E-state index in [1.165, 1.54) is 33.0 Å². The minimum Gasteiger partial charge on any atom is -0.696 e. The van der Waals surface area contributed by atoms with Gasteiger partial charge in [-0.2, -0.15) is 12.8 Å². The molecule has 0 radical (unpaired) electrons. The molecule has 0 saturated carbocycles. The largest absolute Gasteiger partial charge is 1.00 e. The van der Waals surface area contributed by atoms with Crippen LogP contribution in [0.3, 0.4) is 0 Å². The molecule has 0 aliphatic carbocycles. The van der Waals surface area contributed by atoms with Crippen LogP contribution >= 0.6 is 79.4 Å². The fourth-order valence-corrected chi connectivity index (χ4v) is 5.95. The molecule has 6 rings (SSSR count). The summed E-state index contributed by atoms with van der Waals surface area (Å²) in [6, 6.07) is 37.1. The van der Waals surface area contributed by atoms with E-state index in [-0.39, 0.29) is 34.7 Å². The second-order valence-corrected chi connectivity index (χ2v) is 16.4. The maximum absolute atomic E-state index is 10.6. The van der Waals surface area contributed by atoms with E-state index in [9.17, 15) is 8.42 Å². The number of nitriles is 1. The number of rotatable bonds is 6. The maximum Gasteiger partial charge on any atom is 1.00 e. The number of aryl methyl sites for hydroxylation is 2. The zero-order valence-electron chi connectivity index (χ0n) is 28.8. The van der Waals surface area contributed by atoms with Crippen LogP contribution in [0.4, 0.5) is 0 Å². The van der Waals surface area contributed by atoms with Crippen molar-refractivity contribution >= 4 is 107 Å². The molecule has 0 atom stereocenters. The topological polar surface area (TPSA) is 118 Å². The van der Waals surface area contributed by atoms with Crippen LogP contribution in [0.1, 0.15) is 16.7 Å². The number of pyridine rings is 1. The molecule has 270 valence electrons. The van der Waals surface area contributed by atoms with Gasteiger partial charge in [0.1, 0.15) is 0 Å². The van der Waals surface area contributed by atoms with Crippen LogP contribution in [0.5, 0.6) is 0 Å². The number of halogens is 3. The monoisotopic (exact) mass is 957 g/mol. The summed E-state index contributed by atoms with van der Waals surface area (Å²) < 4.78 is 32.8. The molecule has 0 spiro atoms. The molecule has 2 heterocycles. The summed E-state index contributed by atoms with van der Waals surface area (Å²) in [5.74, 6) is 0.789. The van der Waals surface area contributed by atoms with Crippen molar-refractivity contribution in [3.8, 4) is 16.8 Å². The van der Waals surface area contributed by atoms with Crippen molar-refractivity contribution in [2.24, 2.45) is 5.16 Å². The Hall–Kier alpha value is -2.33. The fraction of sp³-hybridized carbons (Fsp3) is 0.0833. The number of thiocyanates is 1. The van der Waals surface area contributed by atoms with Crippen LogP contribution < -0.4 is 29.6 Å². The molecule has 0 amide bonds. The standard InChI is InChI=1S/C15H11BrN2S2.C8H7BrClNO3S.C7H8S.C5H5N.CHNS.Na/c1-10-2-8-13(9-3-10)19-15-17-14(18-20-15)11-4-6-12(16)7-5-11;1-15(12,13)14-11-8(10)6-2-4-7(9)5-3-6;1-6-2-4-7(8)5-3-6;1-2-4-6-5-3-1;2-1-3;/h2-9H,1H3;2-5H,1H3;2-5,8H,1H3;1-5H;3H;/q;;;;;+1/p-1/b;11-8+;;;;. The molecule has 2 aromatic heterocycles. The molecule has 0 fully saturated rings. The van der Waals surface area contributed by atoms with Gasteiger partial charge in [0.25, 0.3) is 0 Å². The SMILES string of the molecule is CS(=O)(=O)O/N=C(/Cl)c1ccc(Br)cc1.Cc1ccc(S)cc1.Cc1ccc(Sc2nc(-c3ccc(Br)cc3)ns2)cc1.N#C[S-].[Na+].c1ccncc1. The molecule has 17 heteroatoms. The number of nitrogens with zero attached hydrogens (tertiary/aromatic N) is 5. The number of hydrogen-bond donors (Lipinski definition) is 1. The fourth-order valence-electron chi connectivity index (χ4n) is 3.27. The summed E-state index contributed by atoms with van der Waals surface area (Å²) in [5, 5.41) is 11.7. The van der Waals surface area contributed by atoms with Crippen LogP contribution in [0.25, 0.3) is 11.4 Å². The molecular formula is C36H31Br2ClN5NaO3S5. The van der Waals surface area contributed by atoms with Crippen molar-refractivity contribution in [1.29, 1.82) is 5.26 Å². The van der Waals surface area contributed by atoms with Gasteiger partial charge in [0, 0.05) is 42.3 Å². The molecule has 0 aliphatic heterocycles. The van der Waals surface area contributed by atoms with E-state index in [1.54, 1.807) is 48.4 Å². The normalized spacial score (nSPS) is 10.0. The predicted molar refractivity (Wildman–Crippen MR) is 226 cm³/mol. The number of aromatic nitrogens is 3. The van der Waals surface area contributed by atoms with Crippen molar-refractivity contribution < 1.29 is 42.3 Å². The van der Waals surface area contributed by atoms with Crippen molar-refractivity contribution in [3.05, 3.63) is 153 Å². The van der Waals surface area contributed by atoms with Crippen molar-refractivity contribution in [2.45, 2.75) is 28.0 Å². The summed E-state index contributed by atoms with van der Waals surface area (Å²) in [6.45, 7) is 4.15. The van der Waals surface area contributed by atoms with Gasteiger partial charge in [0.05, 0.1) is 6.26 Å². The number of benzene rings is 4. The zero-order chi connectivity index (χ0) is 38.4. The number of hydrogen-bond acceptors (Lipinski definition) is 12. The van der Waals surface area contributed by atoms with E-state index >= 15 is 0 Å². The predicted octanol–water partition coefficient (Wildman–Crippen LogP) is 8.14. The van der Waals surface area contributed by atoms with Gasteiger partial charge < -0.3 is 12.6 Å². The number of thiol groups is 1. The van der Waals surface area contributed by atoms with E-state index in [0.29, 0.717) is 5.56 Å². The molecule has 0 aliphatic rings. The van der Waals surface area contributed by atoms with Gasteiger partial charge >= 0.3 is 39.7 Å². The zero-order valence-corrected chi connectivity index (χ0v) is 38.9. The van der Waals surface area contributed by atoms with Crippen LogP contribution in [0.15, 0.2) is 156 Å². The number of oxime groups is 1.